The van der Waals surface area contributed by atoms with Crippen LogP contribution in [0.2, 0.25) is 5.02 Å². The van der Waals surface area contributed by atoms with Crippen molar-refractivity contribution in [3.8, 4) is 5.75 Å². The number of benzene rings is 1. The van der Waals surface area contributed by atoms with E-state index >= 15 is 0 Å². The second kappa shape index (κ2) is 5.93. The van der Waals surface area contributed by atoms with E-state index in [1.165, 1.54) is 11.5 Å². The van der Waals surface area contributed by atoms with E-state index in [9.17, 15) is 0 Å². The maximum atomic E-state index is 5.83. The average Bonchev–Trinajstić information content (AvgIpc) is 2.71. The molecule has 0 fully saturated rings. The Morgan fingerprint density at radius 3 is 2.78 bits per heavy atom. The van der Waals surface area contributed by atoms with Gasteiger partial charge in [0.2, 0.25) is 0 Å². The monoisotopic (exact) mass is 283 g/mol. The Hall–Kier alpha value is -1.46. The fourth-order valence-corrected chi connectivity index (χ4v) is 2.26. The summed E-state index contributed by atoms with van der Waals surface area (Å²) in [6.45, 7) is 3.16. The highest BCUT2D eigenvalue weighted by Crippen LogP contribution is 2.35. The summed E-state index contributed by atoms with van der Waals surface area (Å²) in [5.41, 5.74) is 6.87. The zero-order valence-electron chi connectivity index (χ0n) is 9.94. The number of nitrogens with one attached hydrogen (secondary N) is 1. The molecule has 1 aromatic carbocycles. The molecule has 0 unspecified atom stereocenters. The third-order valence-corrected chi connectivity index (χ3v) is 3.38. The summed E-state index contributed by atoms with van der Waals surface area (Å²) in [6.07, 6.45) is 0. The van der Waals surface area contributed by atoms with Crippen LogP contribution in [0.4, 0.5) is 10.8 Å². The predicted octanol–water partition coefficient (Wildman–Crippen LogP) is 3.39. The SMILES string of the molecule is CCOc1c(N)nsc1NCc1ccc(Cl)cc1. The summed E-state index contributed by atoms with van der Waals surface area (Å²) >= 11 is 7.14. The van der Waals surface area contributed by atoms with Crippen LogP contribution in [-0.2, 0) is 6.54 Å². The minimum atomic E-state index is 0.431. The Balaban J connectivity index is 2.03. The van der Waals surface area contributed by atoms with E-state index in [1.54, 1.807) is 0 Å². The topological polar surface area (TPSA) is 60.2 Å². The Kier molecular flexibility index (Phi) is 4.28. The fourth-order valence-electron chi connectivity index (χ4n) is 1.48. The molecule has 0 aliphatic carbocycles. The highest BCUT2D eigenvalue weighted by atomic mass is 35.5. The summed E-state index contributed by atoms with van der Waals surface area (Å²) in [4.78, 5) is 0. The van der Waals surface area contributed by atoms with Gasteiger partial charge in [-0.05, 0) is 36.2 Å². The number of anilines is 2. The summed E-state index contributed by atoms with van der Waals surface area (Å²) in [6, 6.07) is 7.67. The number of nitrogens with two attached hydrogens (primary N) is 1. The average molecular weight is 284 g/mol. The maximum Gasteiger partial charge on any atom is 0.197 e. The van der Waals surface area contributed by atoms with Gasteiger partial charge in [-0.1, -0.05) is 23.7 Å². The van der Waals surface area contributed by atoms with Crippen LogP contribution < -0.4 is 15.8 Å². The van der Waals surface area contributed by atoms with Gasteiger partial charge in [-0.25, -0.2) is 0 Å². The maximum absolute atomic E-state index is 5.83. The quantitative estimate of drug-likeness (QED) is 0.883. The van der Waals surface area contributed by atoms with Crippen LogP contribution in [0, 0.1) is 0 Å². The molecule has 18 heavy (non-hydrogen) atoms. The van der Waals surface area contributed by atoms with Gasteiger partial charge in [0.05, 0.1) is 6.61 Å². The van der Waals surface area contributed by atoms with E-state index < -0.39 is 0 Å². The number of aromatic nitrogens is 1. The molecule has 3 N–H and O–H groups in total. The molecule has 6 heteroatoms. The molecule has 1 aromatic heterocycles. The van der Waals surface area contributed by atoms with Gasteiger partial charge in [0.25, 0.3) is 0 Å². The van der Waals surface area contributed by atoms with Crippen molar-refractivity contribution in [2.24, 2.45) is 0 Å². The lowest BCUT2D eigenvalue weighted by Crippen LogP contribution is -2.01. The standard InChI is InChI=1S/C12H14ClN3OS/c1-2-17-10-11(14)16-18-12(10)15-7-8-3-5-9(13)6-4-8/h3-6,15H,2,7H2,1H3,(H2,14,16). The minimum absolute atomic E-state index is 0.431. The number of rotatable bonds is 5. The van der Waals surface area contributed by atoms with Crippen molar-refractivity contribution in [2.45, 2.75) is 13.5 Å². The molecular formula is C12H14ClN3OS. The molecule has 96 valence electrons. The molecule has 1 heterocycles. The zero-order chi connectivity index (χ0) is 13.0. The first kappa shape index (κ1) is 13.0. The number of nitrogen functional groups attached to an aromatic ring is 1. The summed E-state index contributed by atoms with van der Waals surface area (Å²) in [7, 11) is 0. The van der Waals surface area contributed by atoms with E-state index in [1.807, 2.05) is 31.2 Å². The molecule has 0 aliphatic heterocycles. The van der Waals surface area contributed by atoms with Gasteiger partial charge in [-0.2, -0.15) is 4.37 Å². The molecule has 0 amide bonds. The molecule has 0 saturated heterocycles. The van der Waals surface area contributed by atoms with Gasteiger partial charge in [-0.3, -0.25) is 0 Å². The van der Waals surface area contributed by atoms with Crippen molar-refractivity contribution in [3.05, 3.63) is 34.9 Å². The normalized spacial score (nSPS) is 10.3. The lowest BCUT2D eigenvalue weighted by atomic mass is 10.2. The summed E-state index contributed by atoms with van der Waals surface area (Å²) < 4.78 is 9.53. The van der Waals surface area contributed by atoms with Crippen LogP contribution in [-0.4, -0.2) is 11.0 Å². The van der Waals surface area contributed by atoms with E-state index in [2.05, 4.69) is 9.69 Å². The Morgan fingerprint density at radius 1 is 1.39 bits per heavy atom. The molecule has 2 aromatic rings. The van der Waals surface area contributed by atoms with Crippen LogP contribution >= 0.6 is 23.1 Å². The predicted molar refractivity (Wildman–Crippen MR) is 76.5 cm³/mol. The van der Waals surface area contributed by atoms with E-state index in [-0.39, 0.29) is 0 Å². The van der Waals surface area contributed by atoms with Crippen LogP contribution in [0.1, 0.15) is 12.5 Å². The minimum Gasteiger partial charge on any atom is -0.487 e. The highest BCUT2D eigenvalue weighted by Gasteiger charge is 2.11. The first-order chi connectivity index (χ1) is 8.70. The Morgan fingerprint density at radius 2 is 2.11 bits per heavy atom. The van der Waals surface area contributed by atoms with Gasteiger partial charge in [0.1, 0.15) is 0 Å². The Bertz CT molecular complexity index is 513. The summed E-state index contributed by atoms with van der Waals surface area (Å²) in [5.74, 6) is 1.07. The number of hydrogen-bond acceptors (Lipinski definition) is 5. The third kappa shape index (κ3) is 3.05. The third-order valence-electron chi connectivity index (χ3n) is 2.33. The van der Waals surface area contributed by atoms with Crippen molar-refractivity contribution in [2.75, 3.05) is 17.7 Å². The van der Waals surface area contributed by atoms with Gasteiger partial charge in [-0.15, -0.1) is 0 Å². The second-order valence-electron chi connectivity index (χ2n) is 3.64. The van der Waals surface area contributed by atoms with Crippen LogP contribution in [0.5, 0.6) is 5.75 Å². The lowest BCUT2D eigenvalue weighted by Gasteiger charge is -2.07. The van der Waals surface area contributed by atoms with Crippen LogP contribution in [0.3, 0.4) is 0 Å². The van der Waals surface area contributed by atoms with Crippen molar-refractivity contribution < 1.29 is 4.74 Å². The van der Waals surface area contributed by atoms with Crippen molar-refractivity contribution in [3.63, 3.8) is 0 Å². The zero-order valence-corrected chi connectivity index (χ0v) is 11.5. The number of halogens is 1. The molecule has 4 nitrogen and oxygen atoms in total. The number of nitrogens with zero attached hydrogens (tertiary/aromatic N) is 1. The first-order valence-electron chi connectivity index (χ1n) is 5.57. The molecule has 2 rings (SSSR count). The van der Waals surface area contributed by atoms with Crippen molar-refractivity contribution in [1.29, 1.82) is 0 Å². The highest BCUT2D eigenvalue weighted by molar-refractivity contribution is 7.11. The smallest absolute Gasteiger partial charge is 0.197 e. The van der Waals surface area contributed by atoms with E-state index in [0.29, 0.717) is 24.7 Å². The van der Waals surface area contributed by atoms with E-state index in [4.69, 9.17) is 22.1 Å². The Labute approximate surface area is 115 Å². The molecule has 0 radical (unpaired) electrons. The molecule has 0 atom stereocenters. The first-order valence-corrected chi connectivity index (χ1v) is 6.72. The fraction of sp³-hybridized carbons (Fsp3) is 0.250. The molecular weight excluding hydrogens is 270 g/mol. The summed E-state index contributed by atoms with van der Waals surface area (Å²) in [5, 5.41) is 4.85. The largest absolute Gasteiger partial charge is 0.487 e. The molecule has 0 spiro atoms. The second-order valence-corrected chi connectivity index (χ2v) is 4.85. The number of hydrogen-bond donors (Lipinski definition) is 2. The van der Waals surface area contributed by atoms with Gasteiger partial charge in [0.15, 0.2) is 16.6 Å². The van der Waals surface area contributed by atoms with Crippen LogP contribution in [0.15, 0.2) is 24.3 Å². The molecule has 0 bridgehead atoms. The van der Waals surface area contributed by atoms with Gasteiger partial charge in [0, 0.05) is 11.6 Å². The molecule has 0 aliphatic rings. The van der Waals surface area contributed by atoms with E-state index in [0.717, 1.165) is 15.6 Å². The number of ether oxygens (including phenoxy) is 1. The lowest BCUT2D eigenvalue weighted by molar-refractivity contribution is 0.344. The van der Waals surface area contributed by atoms with Crippen molar-refractivity contribution in [1.82, 2.24) is 4.37 Å². The van der Waals surface area contributed by atoms with Crippen molar-refractivity contribution >= 4 is 34.0 Å². The van der Waals surface area contributed by atoms with Gasteiger partial charge >= 0.3 is 0 Å². The van der Waals surface area contributed by atoms with Gasteiger partial charge < -0.3 is 15.8 Å². The molecule has 0 saturated carbocycles. The van der Waals surface area contributed by atoms with Crippen LogP contribution in [0.25, 0.3) is 0 Å².